The van der Waals surface area contributed by atoms with Crippen molar-refractivity contribution in [3.8, 4) is 0 Å². The summed E-state index contributed by atoms with van der Waals surface area (Å²) in [6, 6.07) is 0. The number of amides is 1. The van der Waals surface area contributed by atoms with Gasteiger partial charge < -0.3 is 5.32 Å². The molecule has 0 unspecified atom stereocenters. The highest BCUT2D eigenvalue weighted by atomic mass is 32.2. The Bertz CT molecular complexity index is 737. The number of hydrogen-bond donors (Lipinski definition) is 1. The molecule has 0 atom stereocenters. The molecule has 2 aliphatic rings. The quantitative estimate of drug-likeness (QED) is 0.793. The summed E-state index contributed by atoms with van der Waals surface area (Å²) in [6.07, 6.45) is 8.52. The molecule has 1 aromatic rings. The first-order valence-electron chi connectivity index (χ1n) is 9.63. The van der Waals surface area contributed by atoms with Gasteiger partial charge in [0.1, 0.15) is 0 Å². The van der Waals surface area contributed by atoms with Crippen molar-refractivity contribution in [1.82, 2.24) is 9.29 Å². The minimum atomic E-state index is -3.25. The van der Waals surface area contributed by atoms with Crippen LogP contribution in [0, 0.1) is 5.92 Å². The largest absolute Gasteiger partial charge is 0.302 e. The summed E-state index contributed by atoms with van der Waals surface area (Å²) in [4.78, 5) is 17.7. The maximum Gasteiger partial charge on any atom is 0.226 e. The molecular formula is C18H29N3O3S2. The van der Waals surface area contributed by atoms with E-state index < -0.39 is 15.3 Å². The summed E-state index contributed by atoms with van der Waals surface area (Å²) in [6.45, 7) is 4.24. The Morgan fingerprint density at radius 3 is 2.73 bits per heavy atom. The molecule has 1 aliphatic heterocycles. The van der Waals surface area contributed by atoms with Crippen LogP contribution in [0.5, 0.6) is 0 Å². The predicted octanol–water partition coefficient (Wildman–Crippen LogP) is 3.54. The number of hydrogen-bond acceptors (Lipinski definition) is 5. The number of nitrogens with zero attached hydrogens (tertiary/aromatic N) is 2. The molecule has 1 aliphatic carbocycles. The molecule has 1 aromatic heterocycles. The average molecular weight is 400 g/mol. The number of carbonyl (C=O) groups excluding carboxylic acids is 1. The molecule has 1 amide bonds. The highest BCUT2D eigenvalue weighted by Crippen LogP contribution is 2.31. The lowest BCUT2D eigenvalue weighted by Crippen LogP contribution is -2.39. The van der Waals surface area contributed by atoms with E-state index in [2.05, 4.69) is 10.3 Å². The molecule has 0 aromatic carbocycles. The Labute approximate surface area is 160 Å². The maximum atomic E-state index is 12.4. The van der Waals surface area contributed by atoms with E-state index in [-0.39, 0.29) is 5.91 Å². The normalized spacial score (nSPS) is 19.5. The number of nitrogens with one attached hydrogen (secondary N) is 1. The molecule has 1 saturated carbocycles. The minimum Gasteiger partial charge on any atom is -0.302 e. The molecule has 146 valence electrons. The summed E-state index contributed by atoms with van der Waals surface area (Å²) < 4.78 is 26.2. The van der Waals surface area contributed by atoms with Gasteiger partial charge in [-0.15, -0.1) is 11.3 Å². The van der Waals surface area contributed by atoms with Crippen molar-refractivity contribution in [3.05, 3.63) is 10.6 Å². The van der Waals surface area contributed by atoms with Gasteiger partial charge in [0.2, 0.25) is 15.9 Å². The van der Waals surface area contributed by atoms with Crippen LogP contribution in [-0.4, -0.2) is 35.4 Å². The Morgan fingerprint density at radius 2 is 2.04 bits per heavy atom. The lowest BCUT2D eigenvalue weighted by Gasteiger charge is -2.26. The van der Waals surface area contributed by atoms with Gasteiger partial charge in [0.15, 0.2) is 5.13 Å². The first-order chi connectivity index (χ1) is 12.4. The summed E-state index contributed by atoms with van der Waals surface area (Å²) in [7, 11) is -3.25. The zero-order chi connectivity index (χ0) is 18.7. The molecular weight excluding hydrogens is 370 g/mol. The fourth-order valence-electron chi connectivity index (χ4n) is 3.73. The van der Waals surface area contributed by atoms with E-state index in [0.717, 1.165) is 17.0 Å². The van der Waals surface area contributed by atoms with Gasteiger partial charge in [-0.2, -0.15) is 4.31 Å². The van der Waals surface area contributed by atoms with Crippen LogP contribution in [0.1, 0.15) is 69.4 Å². The third-order valence-corrected chi connectivity index (χ3v) is 8.62. The Kier molecular flexibility index (Phi) is 6.35. The van der Waals surface area contributed by atoms with E-state index in [9.17, 15) is 13.2 Å². The van der Waals surface area contributed by atoms with Gasteiger partial charge in [0.05, 0.1) is 10.9 Å². The van der Waals surface area contributed by atoms with E-state index in [1.165, 1.54) is 47.7 Å². The van der Waals surface area contributed by atoms with Gasteiger partial charge in [-0.3, -0.25) is 4.79 Å². The highest BCUT2D eigenvalue weighted by Gasteiger charge is 2.31. The van der Waals surface area contributed by atoms with Crippen molar-refractivity contribution < 1.29 is 13.2 Å². The Balaban J connectivity index is 1.55. The summed E-state index contributed by atoms with van der Waals surface area (Å²) >= 11 is 1.41. The van der Waals surface area contributed by atoms with Crippen LogP contribution in [0.2, 0.25) is 0 Å². The first kappa shape index (κ1) is 19.8. The lowest BCUT2D eigenvalue weighted by atomic mass is 9.86. The first-order valence-corrected chi connectivity index (χ1v) is 12.0. The highest BCUT2D eigenvalue weighted by molar-refractivity contribution is 7.89. The number of thiazole rings is 1. The van der Waals surface area contributed by atoms with Gasteiger partial charge >= 0.3 is 0 Å². The van der Waals surface area contributed by atoms with Gasteiger partial charge in [-0.05, 0) is 26.2 Å². The average Bonchev–Trinajstić information content (AvgIpc) is 3.02. The number of anilines is 1. The molecule has 1 fully saturated rings. The van der Waals surface area contributed by atoms with Crippen molar-refractivity contribution in [3.63, 3.8) is 0 Å². The van der Waals surface area contributed by atoms with Crippen LogP contribution < -0.4 is 5.32 Å². The number of fused-ring (bicyclic) bond motifs is 1. The Morgan fingerprint density at radius 1 is 1.31 bits per heavy atom. The molecule has 2 heterocycles. The van der Waals surface area contributed by atoms with Gasteiger partial charge in [0.25, 0.3) is 0 Å². The van der Waals surface area contributed by atoms with E-state index >= 15 is 0 Å². The van der Waals surface area contributed by atoms with Crippen molar-refractivity contribution in [1.29, 1.82) is 0 Å². The van der Waals surface area contributed by atoms with E-state index in [0.29, 0.717) is 37.0 Å². The van der Waals surface area contributed by atoms with E-state index in [1.54, 1.807) is 13.8 Å². The van der Waals surface area contributed by atoms with Gasteiger partial charge in [-0.25, -0.2) is 13.4 Å². The fraction of sp³-hybridized carbons (Fsp3) is 0.778. The number of carbonyl (C=O) groups is 1. The zero-order valence-electron chi connectivity index (χ0n) is 15.7. The Hall–Kier alpha value is -0.990. The van der Waals surface area contributed by atoms with E-state index in [1.807, 2.05) is 0 Å². The van der Waals surface area contributed by atoms with Crippen molar-refractivity contribution in [2.24, 2.45) is 5.92 Å². The molecule has 26 heavy (non-hydrogen) atoms. The van der Waals surface area contributed by atoms with Crippen LogP contribution in [-0.2, 0) is 27.8 Å². The third-order valence-electron chi connectivity index (χ3n) is 5.40. The molecule has 6 nitrogen and oxygen atoms in total. The second-order valence-corrected chi connectivity index (χ2v) is 11.2. The second-order valence-electron chi connectivity index (χ2n) is 7.66. The lowest BCUT2D eigenvalue weighted by molar-refractivity contribution is -0.116. The number of aromatic nitrogens is 1. The van der Waals surface area contributed by atoms with Gasteiger partial charge in [0, 0.05) is 30.8 Å². The third kappa shape index (κ3) is 4.64. The predicted molar refractivity (Wildman–Crippen MR) is 105 cm³/mol. The van der Waals surface area contributed by atoms with E-state index in [4.69, 9.17) is 0 Å². The standard InChI is InChI=1S/C18H29N3O3S2/c1-13(2)26(23,24)21-11-10-15-16(12-21)25-18(19-15)20-17(22)9-8-14-6-4-3-5-7-14/h13-14H,3-12H2,1-2H3,(H,19,20,22). The van der Waals surface area contributed by atoms with Crippen LogP contribution >= 0.6 is 11.3 Å². The fourth-order valence-corrected chi connectivity index (χ4v) is 6.11. The molecule has 0 spiro atoms. The van der Waals surface area contributed by atoms with Crippen LogP contribution in [0.3, 0.4) is 0 Å². The number of rotatable bonds is 6. The smallest absolute Gasteiger partial charge is 0.226 e. The molecule has 0 radical (unpaired) electrons. The summed E-state index contributed by atoms with van der Waals surface area (Å²) in [5.41, 5.74) is 0.924. The zero-order valence-corrected chi connectivity index (χ0v) is 17.3. The maximum absolute atomic E-state index is 12.4. The second kappa shape index (κ2) is 8.35. The topological polar surface area (TPSA) is 79.4 Å². The molecule has 0 saturated heterocycles. The van der Waals surface area contributed by atoms with Crippen molar-refractivity contribution in [2.45, 2.75) is 77.0 Å². The summed E-state index contributed by atoms with van der Waals surface area (Å²) in [5, 5.41) is 3.10. The SMILES string of the molecule is CC(C)S(=O)(=O)N1CCc2nc(NC(=O)CCC3CCCCC3)sc2C1. The molecule has 8 heteroatoms. The monoisotopic (exact) mass is 399 g/mol. The molecule has 3 rings (SSSR count). The molecule has 1 N–H and O–H groups in total. The van der Waals surface area contributed by atoms with Crippen molar-refractivity contribution in [2.75, 3.05) is 11.9 Å². The molecule has 0 bridgehead atoms. The number of sulfonamides is 1. The van der Waals surface area contributed by atoms with Crippen LogP contribution in [0.15, 0.2) is 0 Å². The van der Waals surface area contributed by atoms with Gasteiger partial charge in [-0.1, -0.05) is 32.1 Å². The van der Waals surface area contributed by atoms with Crippen molar-refractivity contribution >= 4 is 32.4 Å². The minimum absolute atomic E-state index is 0.0216. The van der Waals surface area contributed by atoms with Crippen LogP contribution in [0.25, 0.3) is 0 Å². The summed E-state index contributed by atoms with van der Waals surface area (Å²) in [5.74, 6) is 0.710. The van der Waals surface area contributed by atoms with Crippen LogP contribution in [0.4, 0.5) is 5.13 Å².